The highest BCUT2D eigenvalue weighted by Crippen LogP contribution is 2.27. The number of halogens is 3. The lowest BCUT2D eigenvalue weighted by molar-refractivity contribution is -0.140. The van der Waals surface area contributed by atoms with E-state index in [0.29, 0.717) is 0 Å². The molecule has 0 saturated heterocycles. The Labute approximate surface area is 75.8 Å². The van der Waals surface area contributed by atoms with Crippen molar-refractivity contribution < 1.29 is 13.2 Å². The molecule has 0 radical (unpaired) electrons. The van der Waals surface area contributed by atoms with Gasteiger partial charge in [0, 0.05) is 24.5 Å². The van der Waals surface area contributed by atoms with Crippen molar-refractivity contribution >= 4 is 5.65 Å². The van der Waals surface area contributed by atoms with Crippen LogP contribution < -0.4 is 5.43 Å². The maximum Gasteiger partial charge on any atom is 0.432 e. The lowest BCUT2D eigenvalue weighted by atomic mass is 10.5. The van der Waals surface area contributed by atoms with Crippen molar-refractivity contribution in [1.29, 1.82) is 0 Å². The van der Waals surface area contributed by atoms with E-state index >= 15 is 0 Å². The molecular formula is C8H5F3N2O. The number of aromatic amines is 1. The predicted molar refractivity (Wildman–Crippen MR) is 43.0 cm³/mol. The second-order valence-electron chi connectivity index (χ2n) is 2.82. The zero-order chi connectivity index (χ0) is 10.3. The van der Waals surface area contributed by atoms with Gasteiger partial charge in [0.25, 0.3) is 0 Å². The molecule has 0 saturated carbocycles. The molecule has 0 atom stereocenters. The average Bonchev–Trinajstić information content (AvgIpc) is 2.45. The summed E-state index contributed by atoms with van der Waals surface area (Å²) in [7, 11) is 0. The lowest BCUT2D eigenvalue weighted by Gasteiger charge is -1.99. The van der Waals surface area contributed by atoms with Crippen LogP contribution in [0.2, 0.25) is 0 Å². The number of fused-ring (bicyclic) bond motifs is 1. The number of hydrogen-bond donors (Lipinski definition) is 1. The molecule has 2 heterocycles. The monoisotopic (exact) mass is 202 g/mol. The van der Waals surface area contributed by atoms with Gasteiger partial charge in [-0.3, -0.25) is 4.79 Å². The summed E-state index contributed by atoms with van der Waals surface area (Å²) >= 11 is 0. The third-order valence-electron chi connectivity index (χ3n) is 1.79. The van der Waals surface area contributed by atoms with Crippen LogP contribution in [0.15, 0.2) is 29.3 Å². The van der Waals surface area contributed by atoms with Gasteiger partial charge in [-0.2, -0.15) is 13.2 Å². The average molecular weight is 202 g/mol. The number of imidazole rings is 1. The van der Waals surface area contributed by atoms with E-state index < -0.39 is 11.9 Å². The number of aromatic nitrogens is 2. The smallest absolute Gasteiger partial charge is 0.336 e. The summed E-state index contributed by atoms with van der Waals surface area (Å²) in [6.07, 6.45) is -2.24. The summed E-state index contributed by atoms with van der Waals surface area (Å²) in [5.41, 5.74) is -1.08. The second-order valence-corrected chi connectivity index (χ2v) is 2.82. The molecule has 0 amide bonds. The molecule has 0 bridgehead atoms. The van der Waals surface area contributed by atoms with E-state index in [2.05, 4.69) is 4.98 Å². The third-order valence-corrected chi connectivity index (χ3v) is 1.79. The van der Waals surface area contributed by atoms with Crippen molar-refractivity contribution in [3.05, 3.63) is 40.4 Å². The van der Waals surface area contributed by atoms with Gasteiger partial charge in [0.15, 0.2) is 5.43 Å². The predicted octanol–water partition coefficient (Wildman–Crippen LogP) is 1.65. The van der Waals surface area contributed by atoms with Crippen molar-refractivity contribution in [1.82, 2.24) is 9.38 Å². The normalized spacial score (nSPS) is 12.2. The summed E-state index contributed by atoms with van der Waals surface area (Å²) in [4.78, 5) is 12.9. The van der Waals surface area contributed by atoms with E-state index in [1.807, 2.05) is 0 Å². The molecule has 0 fully saturated rings. The van der Waals surface area contributed by atoms with Crippen LogP contribution in [0.25, 0.3) is 5.65 Å². The van der Waals surface area contributed by atoms with Gasteiger partial charge in [0.05, 0.1) is 0 Å². The van der Waals surface area contributed by atoms with Crippen molar-refractivity contribution in [2.24, 2.45) is 0 Å². The maximum absolute atomic E-state index is 12.2. The molecule has 6 heteroatoms. The number of alkyl halides is 3. The van der Waals surface area contributed by atoms with Crippen LogP contribution in [0.1, 0.15) is 5.69 Å². The summed E-state index contributed by atoms with van der Waals surface area (Å²) in [6.45, 7) is 0. The van der Waals surface area contributed by atoms with E-state index in [9.17, 15) is 18.0 Å². The molecule has 2 rings (SSSR count). The Morgan fingerprint density at radius 1 is 1.36 bits per heavy atom. The summed E-state index contributed by atoms with van der Waals surface area (Å²) in [5.74, 6) is 0. The van der Waals surface area contributed by atoms with Gasteiger partial charge in [0.2, 0.25) is 0 Å². The molecule has 0 spiro atoms. The second kappa shape index (κ2) is 2.63. The van der Waals surface area contributed by atoms with Crippen LogP contribution >= 0.6 is 0 Å². The van der Waals surface area contributed by atoms with Crippen molar-refractivity contribution in [3.8, 4) is 0 Å². The summed E-state index contributed by atoms with van der Waals surface area (Å²) < 4.78 is 37.8. The van der Waals surface area contributed by atoms with E-state index in [1.54, 1.807) is 0 Å². The molecule has 2 aromatic heterocycles. The van der Waals surface area contributed by atoms with Gasteiger partial charge in [0.1, 0.15) is 11.3 Å². The Kier molecular flexibility index (Phi) is 1.67. The summed E-state index contributed by atoms with van der Waals surface area (Å²) in [5, 5.41) is 0. The molecule has 14 heavy (non-hydrogen) atoms. The lowest BCUT2D eigenvalue weighted by Crippen LogP contribution is -2.04. The Morgan fingerprint density at radius 3 is 2.71 bits per heavy atom. The van der Waals surface area contributed by atoms with Crippen LogP contribution in [0.5, 0.6) is 0 Å². The van der Waals surface area contributed by atoms with Crippen molar-refractivity contribution in [2.75, 3.05) is 0 Å². The molecule has 0 aliphatic heterocycles. The van der Waals surface area contributed by atoms with Gasteiger partial charge in [-0.05, 0) is 0 Å². The third kappa shape index (κ3) is 1.39. The Bertz CT molecular complexity index is 523. The fraction of sp³-hybridized carbons (Fsp3) is 0.125. The van der Waals surface area contributed by atoms with Gasteiger partial charge in [-0.15, -0.1) is 0 Å². The fourth-order valence-electron chi connectivity index (χ4n) is 1.16. The highest BCUT2D eigenvalue weighted by atomic mass is 19.4. The van der Waals surface area contributed by atoms with Crippen molar-refractivity contribution in [3.63, 3.8) is 0 Å². The molecule has 1 N–H and O–H groups in total. The molecule has 0 unspecified atom stereocenters. The van der Waals surface area contributed by atoms with Crippen LogP contribution in [0.3, 0.4) is 0 Å². The van der Waals surface area contributed by atoms with Gasteiger partial charge < -0.3 is 9.38 Å². The minimum atomic E-state index is -4.42. The van der Waals surface area contributed by atoms with E-state index in [0.717, 1.165) is 12.3 Å². The fourth-order valence-corrected chi connectivity index (χ4v) is 1.16. The Morgan fingerprint density at radius 2 is 2.07 bits per heavy atom. The van der Waals surface area contributed by atoms with Crippen LogP contribution in [-0.4, -0.2) is 9.38 Å². The zero-order valence-corrected chi connectivity index (χ0v) is 6.80. The van der Waals surface area contributed by atoms with Gasteiger partial charge in [-0.1, -0.05) is 0 Å². The Balaban J connectivity index is 2.69. The maximum atomic E-state index is 12.2. The van der Waals surface area contributed by atoms with Crippen LogP contribution in [0, 0.1) is 0 Å². The van der Waals surface area contributed by atoms with E-state index in [4.69, 9.17) is 0 Å². The largest absolute Gasteiger partial charge is 0.432 e. The molecular weight excluding hydrogens is 197 g/mol. The van der Waals surface area contributed by atoms with Crippen molar-refractivity contribution in [2.45, 2.75) is 6.18 Å². The van der Waals surface area contributed by atoms with E-state index in [-0.39, 0.29) is 11.1 Å². The zero-order valence-electron chi connectivity index (χ0n) is 6.80. The molecule has 74 valence electrons. The van der Waals surface area contributed by atoms with Gasteiger partial charge in [-0.25, -0.2) is 0 Å². The first kappa shape index (κ1) is 8.86. The first-order valence-corrected chi connectivity index (χ1v) is 3.75. The quantitative estimate of drug-likeness (QED) is 0.692. The van der Waals surface area contributed by atoms with Crippen LogP contribution in [0.4, 0.5) is 13.2 Å². The number of hydrogen-bond acceptors (Lipinski definition) is 1. The number of rotatable bonds is 0. The van der Waals surface area contributed by atoms with E-state index in [1.165, 1.54) is 16.7 Å². The Hall–Kier alpha value is -1.72. The molecule has 0 aliphatic rings. The van der Waals surface area contributed by atoms with Gasteiger partial charge >= 0.3 is 6.18 Å². The summed E-state index contributed by atoms with van der Waals surface area (Å²) in [6, 6.07) is 2.30. The number of nitrogens with zero attached hydrogens (tertiary/aromatic N) is 1. The molecule has 0 aliphatic carbocycles. The molecule has 0 aromatic carbocycles. The standard InChI is InChI=1S/C8H5F3N2O/c9-8(10,11)6-4-13-2-1-5(14)3-7(13)12-6/h1-4,12H. The SMILES string of the molecule is O=c1ccn2cc(C(F)(F)F)[nH]c2c1. The van der Waals surface area contributed by atoms with Crippen LogP contribution in [-0.2, 0) is 6.18 Å². The number of H-pyrrole nitrogens is 1. The molecule has 3 nitrogen and oxygen atoms in total. The minimum Gasteiger partial charge on any atom is -0.336 e. The first-order valence-electron chi connectivity index (χ1n) is 3.75. The highest BCUT2D eigenvalue weighted by molar-refractivity contribution is 5.39. The number of pyridine rings is 1. The molecule has 2 aromatic rings. The highest BCUT2D eigenvalue weighted by Gasteiger charge is 2.32. The first-order chi connectivity index (χ1) is 6.47. The minimum absolute atomic E-state index is 0.129. The number of nitrogens with one attached hydrogen (secondary N) is 1. The topological polar surface area (TPSA) is 37.3 Å².